The minimum absolute atomic E-state index is 0.781. The molecule has 1 saturated heterocycles. The van der Waals surface area contributed by atoms with Gasteiger partial charge in [0.1, 0.15) is 0 Å². The summed E-state index contributed by atoms with van der Waals surface area (Å²) in [5.41, 5.74) is 0. The van der Waals surface area contributed by atoms with Crippen LogP contribution in [0.1, 0.15) is 51.4 Å². The molecular weight excluding hydrogens is 234 g/mol. The highest BCUT2D eigenvalue weighted by Gasteiger charge is 2.34. The van der Waals surface area contributed by atoms with E-state index in [0.717, 1.165) is 24.0 Å². The van der Waals surface area contributed by atoms with E-state index < -0.39 is 0 Å². The molecule has 19 heavy (non-hydrogen) atoms. The highest BCUT2D eigenvalue weighted by molar-refractivity contribution is 4.92. The molecule has 1 heterocycles. The smallest absolute Gasteiger partial charge is 0.0111 e. The summed E-state index contributed by atoms with van der Waals surface area (Å²) < 4.78 is 0. The van der Waals surface area contributed by atoms with E-state index in [0.29, 0.717) is 0 Å². The van der Waals surface area contributed by atoms with Crippen LogP contribution in [0.5, 0.6) is 0 Å². The van der Waals surface area contributed by atoms with Crippen molar-refractivity contribution in [1.29, 1.82) is 0 Å². The zero-order valence-electron chi connectivity index (χ0n) is 12.5. The molecule has 3 unspecified atom stereocenters. The number of likely N-dealkylation sites (N-methyl/N-ethyl adjacent to an activating group) is 1. The van der Waals surface area contributed by atoms with Crippen LogP contribution in [0.2, 0.25) is 0 Å². The lowest BCUT2D eigenvalue weighted by atomic mass is 9.88. The van der Waals surface area contributed by atoms with E-state index in [1.54, 1.807) is 0 Å². The van der Waals surface area contributed by atoms with Crippen molar-refractivity contribution >= 4 is 0 Å². The Morgan fingerprint density at radius 3 is 2.68 bits per heavy atom. The maximum Gasteiger partial charge on any atom is 0.0111 e. The van der Waals surface area contributed by atoms with Gasteiger partial charge in [-0.3, -0.25) is 0 Å². The van der Waals surface area contributed by atoms with Gasteiger partial charge < -0.3 is 15.5 Å². The monoisotopic (exact) mass is 265 g/mol. The van der Waals surface area contributed by atoms with Gasteiger partial charge in [-0.1, -0.05) is 12.8 Å². The number of nitrogens with one attached hydrogen (secondary N) is 2. The lowest BCUT2D eigenvalue weighted by Gasteiger charge is -2.33. The zero-order valence-corrected chi connectivity index (χ0v) is 12.5. The Balaban J connectivity index is 1.40. The molecule has 0 spiro atoms. The molecular formula is C16H31N3. The standard InChI is InChI=1S/C16H31N3/c1-19(13-8-9-13)12-11-18-16-7-4-5-14(16)15-6-2-3-10-17-15/h13-18H,2-12H2,1H3. The van der Waals surface area contributed by atoms with Gasteiger partial charge in [0.15, 0.2) is 0 Å². The normalized spacial score (nSPS) is 36.0. The van der Waals surface area contributed by atoms with Crippen molar-refractivity contribution in [1.82, 2.24) is 15.5 Å². The Hall–Kier alpha value is -0.120. The van der Waals surface area contributed by atoms with Crippen LogP contribution in [0.25, 0.3) is 0 Å². The van der Waals surface area contributed by atoms with Crippen LogP contribution in [0, 0.1) is 5.92 Å². The molecule has 3 aliphatic rings. The van der Waals surface area contributed by atoms with Gasteiger partial charge in [0, 0.05) is 31.2 Å². The zero-order chi connectivity index (χ0) is 13.1. The molecule has 2 aliphatic carbocycles. The number of rotatable bonds is 6. The first-order valence-corrected chi connectivity index (χ1v) is 8.51. The number of hydrogen-bond acceptors (Lipinski definition) is 3. The van der Waals surface area contributed by atoms with E-state index in [9.17, 15) is 0 Å². The third-order valence-electron chi connectivity index (χ3n) is 5.48. The molecule has 0 aromatic rings. The van der Waals surface area contributed by atoms with Gasteiger partial charge in [-0.25, -0.2) is 0 Å². The van der Waals surface area contributed by atoms with E-state index in [4.69, 9.17) is 0 Å². The summed E-state index contributed by atoms with van der Waals surface area (Å²) in [4.78, 5) is 2.54. The van der Waals surface area contributed by atoms with E-state index in [1.165, 1.54) is 71.0 Å². The summed E-state index contributed by atoms with van der Waals surface area (Å²) in [6.07, 6.45) is 11.3. The van der Waals surface area contributed by atoms with Crippen molar-refractivity contribution in [2.45, 2.75) is 69.5 Å². The first-order chi connectivity index (χ1) is 9.34. The molecule has 2 N–H and O–H groups in total. The largest absolute Gasteiger partial charge is 0.314 e. The van der Waals surface area contributed by atoms with Gasteiger partial charge in [0.25, 0.3) is 0 Å². The molecule has 0 radical (unpaired) electrons. The molecule has 0 bridgehead atoms. The van der Waals surface area contributed by atoms with Crippen molar-refractivity contribution in [2.24, 2.45) is 5.92 Å². The summed E-state index contributed by atoms with van der Waals surface area (Å²) in [7, 11) is 2.29. The van der Waals surface area contributed by atoms with Gasteiger partial charge in [-0.05, 0) is 58.0 Å². The molecule has 0 aromatic carbocycles. The van der Waals surface area contributed by atoms with E-state index in [2.05, 4.69) is 22.6 Å². The maximum atomic E-state index is 3.86. The highest BCUT2D eigenvalue weighted by Crippen LogP contribution is 2.31. The lowest BCUT2D eigenvalue weighted by molar-refractivity contribution is 0.247. The van der Waals surface area contributed by atoms with Crippen LogP contribution in [-0.2, 0) is 0 Å². The minimum atomic E-state index is 0.781. The topological polar surface area (TPSA) is 27.3 Å². The number of hydrogen-bond donors (Lipinski definition) is 2. The highest BCUT2D eigenvalue weighted by atomic mass is 15.2. The fraction of sp³-hybridized carbons (Fsp3) is 1.00. The molecule has 2 saturated carbocycles. The van der Waals surface area contributed by atoms with Crippen LogP contribution in [0.4, 0.5) is 0 Å². The predicted octanol–water partition coefficient (Wildman–Crippen LogP) is 1.98. The molecule has 3 nitrogen and oxygen atoms in total. The SMILES string of the molecule is CN(CCNC1CCCC1C1CCCCN1)C1CC1. The molecule has 0 amide bonds. The van der Waals surface area contributed by atoms with Gasteiger partial charge in [-0.2, -0.15) is 0 Å². The van der Waals surface area contributed by atoms with E-state index in [1.807, 2.05) is 0 Å². The molecule has 110 valence electrons. The Morgan fingerprint density at radius 1 is 1.05 bits per heavy atom. The maximum absolute atomic E-state index is 3.86. The molecule has 3 fully saturated rings. The number of piperidine rings is 1. The third kappa shape index (κ3) is 3.71. The Labute approximate surface area is 118 Å². The van der Waals surface area contributed by atoms with Crippen LogP contribution >= 0.6 is 0 Å². The average Bonchev–Trinajstić information content (AvgIpc) is 3.20. The Bertz CT molecular complexity index is 271. The summed E-state index contributed by atoms with van der Waals surface area (Å²) in [6.45, 7) is 3.66. The molecule has 3 rings (SSSR count). The second-order valence-electron chi connectivity index (χ2n) is 6.92. The minimum Gasteiger partial charge on any atom is -0.314 e. The summed E-state index contributed by atoms with van der Waals surface area (Å²) >= 11 is 0. The quantitative estimate of drug-likeness (QED) is 0.769. The summed E-state index contributed by atoms with van der Waals surface area (Å²) in [5, 5.41) is 7.63. The van der Waals surface area contributed by atoms with Crippen LogP contribution in [-0.4, -0.2) is 49.7 Å². The van der Waals surface area contributed by atoms with Crippen molar-refractivity contribution < 1.29 is 0 Å². The predicted molar refractivity (Wildman–Crippen MR) is 80.4 cm³/mol. The Morgan fingerprint density at radius 2 is 1.95 bits per heavy atom. The van der Waals surface area contributed by atoms with E-state index in [-0.39, 0.29) is 0 Å². The Kier molecular flexibility index (Phi) is 4.78. The number of nitrogens with zero attached hydrogens (tertiary/aromatic N) is 1. The summed E-state index contributed by atoms with van der Waals surface area (Å²) in [6, 6.07) is 2.49. The molecule has 0 aromatic heterocycles. The van der Waals surface area contributed by atoms with Crippen molar-refractivity contribution in [3.05, 3.63) is 0 Å². The lowest BCUT2D eigenvalue weighted by Crippen LogP contribution is -2.48. The summed E-state index contributed by atoms with van der Waals surface area (Å²) in [5.74, 6) is 0.895. The van der Waals surface area contributed by atoms with Gasteiger partial charge in [0.2, 0.25) is 0 Å². The fourth-order valence-electron chi connectivity index (χ4n) is 4.09. The average molecular weight is 265 g/mol. The molecule has 1 aliphatic heterocycles. The van der Waals surface area contributed by atoms with Gasteiger partial charge in [-0.15, -0.1) is 0 Å². The van der Waals surface area contributed by atoms with Gasteiger partial charge in [0.05, 0.1) is 0 Å². The van der Waals surface area contributed by atoms with Gasteiger partial charge >= 0.3 is 0 Å². The van der Waals surface area contributed by atoms with Crippen molar-refractivity contribution in [3.63, 3.8) is 0 Å². The van der Waals surface area contributed by atoms with Crippen LogP contribution in [0.15, 0.2) is 0 Å². The molecule has 3 atom stereocenters. The second kappa shape index (κ2) is 6.55. The molecule has 3 heteroatoms. The van der Waals surface area contributed by atoms with Crippen molar-refractivity contribution in [3.8, 4) is 0 Å². The van der Waals surface area contributed by atoms with Crippen LogP contribution in [0.3, 0.4) is 0 Å². The third-order valence-corrected chi connectivity index (χ3v) is 5.48. The first kappa shape index (κ1) is 13.8. The van der Waals surface area contributed by atoms with Crippen LogP contribution < -0.4 is 10.6 Å². The van der Waals surface area contributed by atoms with Crippen molar-refractivity contribution in [2.75, 3.05) is 26.7 Å². The first-order valence-electron chi connectivity index (χ1n) is 8.51. The van der Waals surface area contributed by atoms with E-state index >= 15 is 0 Å². The fourth-order valence-corrected chi connectivity index (χ4v) is 4.09. The second-order valence-corrected chi connectivity index (χ2v) is 6.92.